The molecular weight excluding hydrogens is 528 g/mol. The molecule has 0 amide bonds. The number of benzene rings is 7. The smallest absolute Gasteiger partial charge is 0.0159 e. The van der Waals surface area contributed by atoms with Gasteiger partial charge in [0.05, 0.1) is 0 Å². The van der Waals surface area contributed by atoms with Gasteiger partial charge in [0.1, 0.15) is 0 Å². The second kappa shape index (κ2) is 8.80. The molecule has 0 unspecified atom stereocenters. The van der Waals surface area contributed by atoms with Crippen molar-refractivity contribution >= 4 is 21.5 Å². The molecule has 0 atom stereocenters. The Balaban J connectivity index is 1.37. The summed E-state index contributed by atoms with van der Waals surface area (Å²) in [4.78, 5) is 0. The van der Waals surface area contributed by atoms with Crippen molar-refractivity contribution in [1.82, 2.24) is 0 Å². The van der Waals surface area contributed by atoms with E-state index in [4.69, 9.17) is 0 Å². The van der Waals surface area contributed by atoms with Gasteiger partial charge < -0.3 is 0 Å². The van der Waals surface area contributed by atoms with Gasteiger partial charge in [0.15, 0.2) is 0 Å². The van der Waals surface area contributed by atoms with Crippen LogP contribution < -0.4 is 0 Å². The Bertz CT molecular complexity index is 2260. The molecule has 0 bridgehead atoms. The van der Waals surface area contributed by atoms with Gasteiger partial charge in [-0.25, -0.2) is 0 Å². The molecule has 0 radical (unpaired) electrons. The first-order valence-corrected chi connectivity index (χ1v) is 15.8. The van der Waals surface area contributed by atoms with Gasteiger partial charge in [-0.3, -0.25) is 0 Å². The number of rotatable bonds is 2. The van der Waals surface area contributed by atoms with Crippen molar-refractivity contribution in [3.05, 3.63) is 156 Å². The fourth-order valence-corrected chi connectivity index (χ4v) is 8.55. The van der Waals surface area contributed by atoms with Crippen LogP contribution in [0.1, 0.15) is 49.9 Å². The van der Waals surface area contributed by atoms with Crippen molar-refractivity contribution in [3.63, 3.8) is 0 Å². The van der Waals surface area contributed by atoms with Crippen LogP contribution in [-0.2, 0) is 10.8 Å². The summed E-state index contributed by atoms with van der Waals surface area (Å²) in [6.07, 6.45) is 0. The maximum atomic E-state index is 2.51. The Morgan fingerprint density at radius 3 is 1.34 bits per heavy atom. The molecule has 0 heterocycles. The summed E-state index contributed by atoms with van der Waals surface area (Å²) in [7, 11) is 0. The van der Waals surface area contributed by atoms with E-state index in [-0.39, 0.29) is 10.8 Å². The molecule has 44 heavy (non-hydrogen) atoms. The molecule has 2 aliphatic carbocycles. The van der Waals surface area contributed by atoms with E-state index in [0.29, 0.717) is 0 Å². The molecule has 0 N–H and O–H groups in total. The first kappa shape index (κ1) is 25.5. The monoisotopic (exact) mass is 562 g/mol. The first-order valence-electron chi connectivity index (χ1n) is 15.8. The van der Waals surface area contributed by atoms with Gasteiger partial charge in [-0.1, -0.05) is 155 Å². The van der Waals surface area contributed by atoms with Crippen LogP contribution in [0.3, 0.4) is 0 Å². The minimum atomic E-state index is -0.0682. The topological polar surface area (TPSA) is 0 Å². The highest BCUT2D eigenvalue weighted by atomic mass is 14.5. The normalized spacial score (nSPS) is 15.2. The largest absolute Gasteiger partial charge is 0.0622 e. The molecule has 2 aliphatic rings. The summed E-state index contributed by atoms with van der Waals surface area (Å²) in [6.45, 7) is 9.56. The lowest BCUT2D eigenvalue weighted by molar-refractivity contribution is 0.651. The summed E-state index contributed by atoms with van der Waals surface area (Å²) in [5, 5.41) is 5.19. The van der Waals surface area contributed by atoms with E-state index >= 15 is 0 Å². The lowest BCUT2D eigenvalue weighted by Gasteiger charge is -2.24. The minimum absolute atomic E-state index is 0.0227. The van der Waals surface area contributed by atoms with Crippen LogP contribution in [0.15, 0.2) is 133 Å². The minimum Gasteiger partial charge on any atom is -0.0622 e. The third-order valence-corrected chi connectivity index (χ3v) is 10.7. The molecule has 210 valence electrons. The number of hydrogen-bond acceptors (Lipinski definition) is 0. The lowest BCUT2D eigenvalue weighted by Crippen LogP contribution is -2.17. The molecule has 9 rings (SSSR count). The summed E-state index contributed by atoms with van der Waals surface area (Å²) in [6, 6.07) is 50.0. The van der Waals surface area contributed by atoms with Gasteiger partial charge in [0, 0.05) is 10.8 Å². The van der Waals surface area contributed by atoms with Crippen LogP contribution in [0.4, 0.5) is 0 Å². The molecule has 0 spiro atoms. The van der Waals surface area contributed by atoms with E-state index in [9.17, 15) is 0 Å². The molecule has 0 fully saturated rings. The summed E-state index contributed by atoms with van der Waals surface area (Å²) < 4.78 is 0. The molecule has 0 heteroatoms. The number of hydrogen-bond donors (Lipinski definition) is 0. The zero-order chi connectivity index (χ0) is 29.8. The average Bonchev–Trinajstić information content (AvgIpc) is 3.43. The molecule has 0 aliphatic heterocycles. The molecule has 0 saturated carbocycles. The van der Waals surface area contributed by atoms with Crippen molar-refractivity contribution in [2.75, 3.05) is 0 Å². The Hall–Kier alpha value is -4.94. The first-order chi connectivity index (χ1) is 21.4. The van der Waals surface area contributed by atoms with Crippen LogP contribution in [0.25, 0.3) is 66.1 Å². The molecule has 7 aromatic carbocycles. The van der Waals surface area contributed by atoms with Crippen LogP contribution in [-0.4, -0.2) is 0 Å². The molecule has 0 saturated heterocycles. The Morgan fingerprint density at radius 1 is 0.318 bits per heavy atom. The summed E-state index contributed by atoms with van der Waals surface area (Å²) in [5.41, 5.74) is 16.4. The highest BCUT2D eigenvalue weighted by Crippen LogP contribution is 2.59. The van der Waals surface area contributed by atoms with Crippen molar-refractivity contribution in [2.45, 2.75) is 38.5 Å². The van der Waals surface area contributed by atoms with E-state index in [1.807, 2.05) is 0 Å². The highest BCUT2D eigenvalue weighted by molar-refractivity contribution is 6.21. The van der Waals surface area contributed by atoms with Gasteiger partial charge in [0.2, 0.25) is 0 Å². The fraction of sp³-hybridized carbons (Fsp3) is 0.136. The zero-order valence-electron chi connectivity index (χ0n) is 25.7. The van der Waals surface area contributed by atoms with E-state index in [2.05, 4.69) is 161 Å². The van der Waals surface area contributed by atoms with Gasteiger partial charge in [0.25, 0.3) is 0 Å². The van der Waals surface area contributed by atoms with Gasteiger partial charge in [-0.15, -0.1) is 0 Å². The maximum Gasteiger partial charge on any atom is 0.0159 e. The third-order valence-electron chi connectivity index (χ3n) is 10.7. The summed E-state index contributed by atoms with van der Waals surface area (Å²) >= 11 is 0. The van der Waals surface area contributed by atoms with Crippen LogP contribution in [0, 0.1) is 0 Å². The molecule has 0 nitrogen and oxygen atoms in total. The van der Waals surface area contributed by atoms with Crippen molar-refractivity contribution in [3.8, 4) is 44.5 Å². The molecule has 0 aromatic heterocycles. The van der Waals surface area contributed by atoms with Crippen molar-refractivity contribution in [1.29, 1.82) is 0 Å². The van der Waals surface area contributed by atoms with Crippen molar-refractivity contribution in [2.24, 2.45) is 0 Å². The Morgan fingerprint density at radius 2 is 0.750 bits per heavy atom. The second-order valence-electron chi connectivity index (χ2n) is 13.7. The lowest BCUT2D eigenvalue weighted by atomic mass is 9.79. The van der Waals surface area contributed by atoms with Gasteiger partial charge >= 0.3 is 0 Å². The molecule has 7 aromatic rings. The van der Waals surface area contributed by atoms with Crippen LogP contribution >= 0.6 is 0 Å². The number of fused-ring (bicyclic) bond motifs is 9. The Labute approximate surface area is 259 Å². The van der Waals surface area contributed by atoms with Crippen LogP contribution in [0.2, 0.25) is 0 Å². The predicted octanol–water partition coefficient (Wildman–Crippen LogP) is 11.9. The highest BCUT2D eigenvalue weighted by Gasteiger charge is 2.43. The quantitative estimate of drug-likeness (QED) is 0.184. The van der Waals surface area contributed by atoms with Crippen LogP contribution in [0.5, 0.6) is 0 Å². The van der Waals surface area contributed by atoms with E-state index in [1.54, 1.807) is 0 Å². The SMILES string of the molecule is CC1(C)c2ccccc2-c2c1ccc1c2-c2cc(-c3c4ccccc4c(-c4ccccc4)c4ccccc34)ccc2C1(C)C. The average molecular weight is 563 g/mol. The predicted molar refractivity (Wildman–Crippen MR) is 187 cm³/mol. The van der Waals surface area contributed by atoms with Gasteiger partial charge in [-0.2, -0.15) is 0 Å². The van der Waals surface area contributed by atoms with Gasteiger partial charge in [-0.05, 0) is 94.4 Å². The van der Waals surface area contributed by atoms with E-state index in [1.165, 1.54) is 88.3 Å². The maximum absolute atomic E-state index is 2.51. The van der Waals surface area contributed by atoms with Crippen molar-refractivity contribution < 1.29 is 0 Å². The second-order valence-corrected chi connectivity index (χ2v) is 13.7. The standard InChI is InChI=1S/C44H34/c1-43(2)35-21-13-12-20-33(35)41-37(43)24-25-38-42(41)34-26-28(22-23-36(34)44(38,3)4)40-31-18-10-8-16-29(31)39(27-14-6-5-7-15-27)30-17-9-11-19-32(30)40/h5-26H,1-4H3. The zero-order valence-corrected chi connectivity index (χ0v) is 25.7. The Kier molecular flexibility index (Phi) is 5.11. The van der Waals surface area contributed by atoms with E-state index in [0.717, 1.165) is 0 Å². The van der Waals surface area contributed by atoms with E-state index < -0.39 is 0 Å². The fourth-order valence-electron chi connectivity index (χ4n) is 8.55. The molecular formula is C44H34. The summed E-state index contributed by atoms with van der Waals surface area (Å²) in [5.74, 6) is 0. The third kappa shape index (κ3) is 3.23.